The summed E-state index contributed by atoms with van der Waals surface area (Å²) in [7, 11) is -9.56. The number of rotatable bonds is 14. The Bertz CT molecular complexity index is 2340. The van der Waals surface area contributed by atoms with Gasteiger partial charge in [-0.25, -0.2) is 12.7 Å². The molecule has 1 N–H and O–H groups in total. The van der Waals surface area contributed by atoms with Crippen LogP contribution in [0, 0.1) is 5.41 Å². The SMILES string of the molecule is C=S(=O)(c1ccc(S(=O)(=O)N(C(=O)c2ccc(N3CCN(CC4=C(c5ccc(Cl)cc5)CCC(C)(C)C4)CC3)cc2)C(C)(C)C)cc1N[C@@H](CC)CCN1CCOCC1)C(F)(F)F. The van der Waals surface area contributed by atoms with E-state index in [1.165, 1.54) is 16.7 Å². The van der Waals surface area contributed by atoms with Crippen molar-refractivity contribution in [3.8, 4) is 0 Å². The first-order chi connectivity index (χ1) is 29.5. The average Bonchev–Trinajstić information content (AvgIpc) is 3.22. The van der Waals surface area contributed by atoms with Crippen LogP contribution in [-0.4, -0.2) is 121 Å². The second-order valence-electron chi connectivity index (χ2n) is 18.8. The van der Waals surface area contributed by atoms with Gasteiger partial charge < -0.3 is 15.0 Å². The van der Waals surface area contributed by atoms with Crippen LogP contribution in [0.1, 0.15) is 89.6 Å². The van der Waals surface area contributed by atoms with E-state index in [1.54, 1.807) is 32.9 Å². The summed E-state index contributed by atoms with van der Waals surface area (Å²) < 4.78 is 91.2. The van der Waals surface area contributed by atoms with Gasteiger partial charge in [-0.3, -0.25) is 18.8 Å². The van der Waals surface area contributed by atoms with Crippen molar-refractivity contribution >= 4 is 59.9 Å². The van der Waals surface area contributed by atoms with E-state index < -0.39 is 46.3 Å². The summed E-state index contributed by atoms with van der Waals surface area (Å²) in [5.74, 6) is 2.28. The number of piperazine rings is 1. The fourth-order valence-electron chi connectivity index (χ4n) is 8.77. The van der Waals surface area contributed by atoms with E-state index in [4.69, 9.17) is 16.3 Å². The first kappa shape index (κ1) is 48.8. The average molecular weight is 935 g/mol. The zero-order valence-corrected chi connectivity index (χ0v) is 39.8. The quantitative estimate of drug-likeness (QED) is 0.159. The Kier molecular flexibility index (Phi) is 15.1. The van der Waals surface area contributed by atoms with Gasteiger partial charge in [0, 0.05) is 74.7 Å². The molecule has 3 aromatic carbocycles. The number of anilines is 2. The standard InChI is InChI=1S/C47H63ClF3N5O5S2/c1-8-38(20-22-53-27-29-61-30-28-53)52-42-31-40(17-18-43(42)62(7,58)47(49,50)51)63(59,60)56(45(2,3)4)44(57)35-11-15-39(16-12-35)55-25-23-54(24-26-55)33-36-32-46(5,6)21-19-41(36)34-9-13-37(48)14-10-34/h9-18,31,38,52H,7-8,19-30,32-33H2,1-6H3/t38-,62?/m0/s1. The van der Waals surface area contributed by atoms with Crippen molar-refractivity contribution in [3.63, 3.8) is 0 Å². The largest absolute Gasteiger partial charge is 0.467 e. The van der Waals surface area contributed by atoms with Crippen LogP contribution in [0.25, 0.3) is 5.57 Å². The summed E-state index contributed by atoms with van der Waals surface area (Å²) in [6.45, 7) is 18.7. The van der Waals surface area contributed by atoms with Crippen molar-refractivity contribution in [3.05, 3.63) is 88.5 Å². The normalized spacial score (nSPS) is 19.7. The van der Waals surface area contributed by atoms with Gasteiger partial charge in [0.25, 0.3) is 15.9 Å². The van der Waals surface area contributed by atoms with Crippen LogP contribution in [0.2, 0.25) is 5.02 Å². The van der Waals surface area contributed by atoms with Crippen LogP contribution in [-0.2, 0) is 24.3 Å². The minimum absolute atomic E-state index is 0.138. The lowest BCUT2D eigenvalue weighted by Crippen LogP contribution is -2.49. The number of carbonyl (C=O) groups is 1. The van der Waals surface area contributed by atoms with E-state index in [0.29, 0.717) is 32.6 Å². The molecular weight excluding hydrogens is 871 g/mol. The van der Waals surface area contributed by atoms with E-state index >= 15 is 0 Å². The van der Waals surface area contributed by atoms with Crippen LogP contribution in [0.15, 0.2) is 82.1 Å². The predicted octanol–water partition coefficient (Wildman–Crippen LogP) is 9.26. The minimum atomic E-state index is -5.20. The van der Waals surface area contributed by atoms with Crippen LogP contribution < -0.4 is 10.2 Å². The van der Waals surface area contributed by atoms with Gasteiger partial charge in [0.15, 0.2) is 0 Å². The van der Waals surface area contributed by atoms with Crippen molar-refractivity contribution in [2.24, 2.45) is 5.41 Å². The molecule has 0 saturated carbocycles. The number of sulfonamides is 1. The van der Waals surface area contributed by atoms with Crippen molar-refractivity contribution in [2.75, 3.05) is 75.8 Å². The van der Waals surface area contributed by atoms with E-state index in [0.717, 1.165) is 98.3 Å². The van der Waals surface area contributed by atoms with Crippen LogP contribution in [0.3, 0.4) is 0 Å². The summed E-state index contributed by atoms with van der Waals surface area (Å²) in [6.07, 6.45) is 4.22. The smallest absolute Gasteiger partial charge is 0.381 e. The molecule has 0 bridgehead atoms. The Hall–Kier alpha value is -3.60. The summed E-state index contributed by atoms with van der Waals surface area (Å²) in [5.41, 5.74) is -1.33. The highest BCUT2D eigenvalue weighted by molar-refractivity contribution is 8.01. The highest BCUT2D eigenvalue weighted by Crippen LogP contribution is 2.43. The molecule has 2 heterocycles. The number of nitrogens with zero attached hydrogens (tertiary/aromatic N) is 4. The second kappa shape index (κ2) is 19.5. The summed E-state index contributed by atoms with van der Waals surface area (Å²) in [4.78, 5) is 20.2. The van der Waals surface area contributed by atoms with E-state index in [1.807, 2.05) is 31.2 Å². The molecule has 0 spiro atoms. The number of nitrogens with one attached hydrogen (secondary N) is 1. The van der Waals surface area contributed by atoms with Crippen molar-refractivity contribution in [1.29, 1.82) is 0 Å². The Morgan fingerprint density at radius 1 is 0.921 bits per heavy atom. The number of benzene rings is 3. The third-order valence-electron chi connectivity index (χ3n) is 12.4. The zero-order chi connectivity index (χ0) is 46.0. The second-order valence-corrected chi connectivity index (χ2v) is 23.2. The molecule has 2 atom stereocenters. The Labute approximate surface area is 377 Å². The number of carbonyl (C=O) groups excluding carboxylic acids is 1. The molecule has 16 heteroatoms. The highest BCUT2D eigenvalue weighted by Gasteiger charge is 2.44. The molecule has 0 radical (unpaired) electrons. The third-order valence-corrected chi connectivity index (χ3v) is 16.5. The third kappa shape index (κ3) is 11.6. The Morgan fingerprint density at radius 2 is 1.56 bits per heavy atom. The predicted molar refractivity (Wildman–Crippen MR) is 250 cm³/mol. The fourth-order valence-corrected chi connectivity index (χ4v) is 11.7. The van der Waals surface area contributed by atoms with Gasteiger partial charge in [-0.2, -0.15) is 13.2 Å². The van der Waals surface area contributed by atoms with E-state index in [-0.39, 0.29) is 22.7 Å². The van der Waals surface area contributed by atoms with Crippen LogP contribution >= 0.6 is 11.6 Å². The zero-order valence-electron chi connectivity index (χ0n) is 37.4. The fraction of sp³-hybridized carbons (Fsp3) is 0.532. The summed E-state index contributed by atoms with van der Waals surface area (Å²) in [6, 6.07) is 17.6. The first-order valence-corrected chi connectivity index (χ1v) is 25.3. The van der Waals surface area contributed by atoms with Crippen molar-refractivity contribution < 1.29 is 35.3 Å². The van der Waals surface area contributed by atoms with Gasteiger partial charge in [0.1, 0.15) is 0 Å². The summed E-state index contributed by atoms with van der Waals surface area (Å²) in [5, 5.41) is 3.81. The molecule has 2 aliphatic heterocycles. The van der Waals surface area contributed by atoms with Gasteiger partial charge in [0.05, 0.1) is 43.8 Å². The molecule has 3 aliphatic rings. The van der Waals surface area contributed by atoms with Crippen molar-refractivity contribution in [1.82, 2.24) is 14.1 Å². The minimum Gasteiger partial charge on any atom is -0.381 e. The number of hydrogen-bond acceptors (Lipinski definition) is 9. The van der Waals surface area contributed by atoms with Gasteiger partial charge in [0.2, 0.25) is 0 Å². The first-order valence-electron chi connectivity index (χ1n) is 21.8. The Balaban J connectivity index is 1.19. The molecule has 2 fully saturated rings. The number of ether oxygens (including phenoxy) is 1. The number of hydrogen-bond donors (Lipinski definition) is 1. The molecule has 346 valence electrons. The van der Waals surface area contributed by atoms with Gasteiger partial charge in [-0.15, -0.1) is 0 Å². The van der Waals surface area contributed by atoms with Gasteiger partial charge in [-0.1, -0.05) is 50.1 Å². The lowest BCUT2D eigenvalue weighted by molar-refractivity contribution is -0.0392. The van der Waals surface area contributed by atoms with Gasteiger partial charge in [-0.05, 0) is 130 Å². The van der Waals surface area contributed by atoms with E-state index in [9.17, 15) is 30.6 Å². The van der Waals surface area contributed by atoms with Gasteiger partial charge >= 0.3 is 5.51 Å². The number of allylic oxidation sites excluding steroid dienone is 1. The number of morpholine rings is 1. The maximum absolute atomic E-state index is 14.6. The maximum atomic E-state index is 14.6. The highest BCUT2D eigenvalue weighted by atomic mass is 35.5. The molecule has 3 aromatic rings. The maximum Gasteiger partial charge on any atom is 0.467 e. The monoisotopic (exact) mass is 933 g/mol. The number of halogens is 4. The molecule has 10 nitrogen and oxygen atoms in total. The molecule has 0 aromatic heterocycles. The van der Waals surface area contributed by atoms with Crippen LogP contribution in [0.5, 0.6) is 0 Å². The van der Waals surface area contributed by atoms with Crippen LogP contribution in [0.4, 0.5) is 24.5 Å². The molecule has 6 rings (SSSR count). The molecule has 1 aliphatic carbocycles. The Morgan fingerprint density at radius 3 is 2.14 bits per heavy atom. The molecule has 2 saturated heterocycles. The number of amides is 1. The number of alkyl halides is 3. The van der Waals surface area contributed by atoms with E-state index in [2.05, 4.69) is 51.9 Å². The van der Waals surface area contributed by atoms with Crippen molar-refractivity contribution in [2.45, 2.75) is 101 Å². The molecule has 1 unspecified atom stereocenters. The lowest BCUT2D eigenvalue weighted by atomic mass is 9.73. The molecule has 1 amide bonds. The molecule has 63 heavy (non-hydrogen) atoms. The topological polar surface area (TPSA) is 102 Å². The summed E-state index contributed by atoms with van der Waals surface area (Å²) >= 11 is 6.21. The molecular formula is C47H63ClF3N5O5S2. The lowest BCUT2D eigenvalue weighted by Gasteiger charge is -2.39.